The maximum absolute atomic E-state index is 12.6. The smallest absolute Gasteiger partial charge is 0.306 e. The largest absolute Gasteiger partial charge is 0.456 e. The molecule has 1 fully saturated rings. The zero-order chi connectivity index (χ0) is 24.3. The number of Topliss-reactive ketones (excluding diaryl/α,β-unsaturated/α-hetero) is 1. The molecule has 1 heterocycles. The highest BCUT2D eigenvalue weighted by Gasteiger charge is 2.34. The van der Waals surface area contributed by atoms with Gasteiger partial charge in [0.1, 0.15) is 0 Å². The molecule has 1 aliphatic rings. The van der Waals surface area contributed by atoms with E-state index in [-0.39, 0.29) is 42.1 Å². The zero-order valence-electron chi connectivity index (χ0n) is 19.9. The summed E-state index contributed by atoms with van der Waals surface area (Å²) in [5.41, 5.74) is 1.76. The number of esters is 1. The molecule has 1 aromatic rings. The van der Waals surface area contributed by atoms with E-state index < -0.39 is 22.4 Å². The summed E-state index contributed by atoms with van der Waals surface area (Å²) in [7, 11) is -3.12. The fourth-order valence-corrected chi connectivity index (χ4v) is 5.68. The number of amides is 1. The van der Waals surface area contributed by atoms with Gasteiger partial charge < -0.3 is 9.64 Å². The Hall–Kier alpha value is -2.22. The number of unbranched alkanes of at least 4 members (excludes halogenated alkanes) is 3. The minimum Gasteiger partial charge on any atom is -0.456 e. The number of aryl methyl sites for hydroxylation is 1. The van der Waals surface area contributed by atoms with Crippen molar-refractivity contribution in [2.75, 3.05) is 24.7 Å². The third-order valence-electron chi connectivity index (χ3n) is 5.98. The number of hydrogen-bond acceptors (Lipinski definition) is 6. The van der Waals surface area contributed by atoms with Gasteiger partial charge in [-0.15, -0.1) is 0 Å². The Balaban J connectivity index is 1.78. The van der Waals surface area contributed by atoms with Gasteiger partial charge in [0.25, 0.3) is 5.91 Å². The Kier molecular flexibility index (Phi) is 11.0. The van der Waals surface area contributed by atoms with Gasteiger partial charge in [-0.2, -0.15) is 0 Å². The highest BCUT2D eigenvalue weighted by molar-refractivity contribution is 7.91. The van der Waals surface area contributed by atoms with Gasteiger partial charge in [0.15, 0.2) is 22.2 Å². The molecule has 0 aliphatic carbocycles. The van der Waals surface area contributed by atoms with Gasteiger partial charge in [-0.3, -0.25) is 14.4 Å². The maximum Gasteiger partial charge on any atom is 0.306 e. The lowest BCUT2D eigenvalue weighted by atomic mass is 10.0. The molecule has 7 nitrogen and oxygen atoms in total. The van der Waals surface area contributed by atoms with E-state index in [0.29, 0.717) is 18.5 Å². The van der Waals surface area contributed by atoms with Crippen LogP contribution in [0.25, 0.3) is 0 Å². The first-order valence-corrected chi connectivity index (χ1v) is 13.9. The van der Waals surface area contributed by atoms with Gasteiger partial charge in [-0.1, -0.05) is 57.4 Å². The van der Waals surface area contributed by atoms with Crippen LogP contribution < -0.4 is 0 Å². The molecule has 1 amide bonds. The van der Waals surface area contributed by atoms with E-state index in [1.165, 1.54) is 16.9 Å². The Bertz CT molecular complexity index is 894. The molecule has 1 saturated heterocycles. The molecule has 1 unspecified atom stereocenters. The van der Waals surface area contributed by atoms with Crippen molar-refractivity contribution in [1.29, 1.82) is 0 Å². The molecule has 2 rings (SSSR count). The number of ketones is 1. The SMILES string of the molecule is CCCCCc1ccc(C(=O)CCC(=O)OCC(=O)N(CCCC)C2CCS(=O)(=O)C2)cc1. The Morgan fingerprint density at radius 2 is 1.70 bits per heavy atom. The van der Waals surface area contributed by atoms with Crippen LogP contribution in [0.15, 0.2) is 24.3 Å². The van der Waals surface area contributed by atoms with Crippen molar-refractivity contribution in [3.63, 3.8) is 0 Å². The van der Waals surface area contributed by atoms with Crippen LogP contribution in [0, 0.1) is 0 Å². The molecular weight excluding hydrogens is 442 g/mol. The van der Waals surface area contributed by atoms with Crippen LogP contribution in [0.1, 0.15) is 81.1 Å². The van der Waals surface area contributed by atoms with E-state index in [1.807, 2.05) is 19.1 Å². The van der Waals surface area contributed by atoms with E-state index in [0.717, 1.165) is 32.1 Å². The van der Waals surface area contributed by atoms with E-state index in [9.17, 15) is 22.8 Å². The Morgan fingerprint density at radius 1 is 1.00 bits per heavy atom. The average molecular weight is 480 g/mol. The molecule has 0 aromatic heterocycles. The number of benzene rings is 1. The van der Waals surface area contributed by atoms with Crippen LogP contribution in [-0.4, -0.2) is 61.7 Å². The molecule has 0 N–H and O–H groups in total. The molecule has 184 valence electrons. The van der Waals surface area contributed by atoms with Crippen molar-refractivity contribution in [2.24, 2.45) is 0 Å². The first-order valence-electron chi connectivity index (χ1n) is 12.0. The van der Waals surface area contributed by atoms with Crippen LogP contribution in [0.2, 0.25) is 0 Å². The van der Waals surface area contributed by atoms with E-state index in [1.54, 1.807) is 12.1 Å². The van der Waals surface area contributed by atoms with Gasteiger partial charge in [0.05, 0.1) is 17.9 Å². The molecule has 0 spiro atoms. The third-order valence-corrected chi connectivity index (χ3v) is 7.73. The fraction of sp³-hybridized carbons (Fsp3) is 0.640. The molecule has 0 bridgehead atoms. The minimum atomic E-state index is -3.12. The normalized spacial score (nSPS) is 17.0. The lowest BCUT2D eigenvalue weighted by Gasteiger charge is -2.28. The van der Waals surface area contributed by atoms with Gasteiger partial charge in [0.2, 0.25) is 0 Å². The van der Waals surface area contributed by atoms with Gasteiger partial charge in [-0.05, 0) is 31.2 Å². The maximum atomic E-state index is 12.6. The Labute approximate surface area is 197 Å². The van der Waals surface area contributed by atoms with E-state index in [4.69, 9.17) is 4.74 Å². The number of carbonyl (C=O) groups is 3. The first kappa shape index (κ1) is 27.0. The lowest BCUT2D eigenvalue weighted by molar-refractivity contribution is -0.152. The molecule has 1 atom stereocenters. The summed E-state index contributed by atoms with van der Waals surface area (Å²) in [5.74, 6) is -1.09. The van der Waals surface area contributed by atoms with Crippen molar-refractivity contribution in [2.45, 2.75) is 77.7 Å². The lowest BCUT2D eigenvalue weighted by Crippen LogP contribution is -2.43. The summed E-state index contributed by atoms with van der Waals surface area (Å²) >= 11 is 0. The summed E-state index contributed by atoms with van der Waals surface area (Å²) in [6.07, 6.45) is 6.41. The van der Waals surface area contributed by atoms with Crippen molar-refractivity contribution >= 4 is 27.5 Å². The van der Waals surface area contributed by atoms with Crippen LogP contribution in [0.5, 0.6) is 0 Å². The van der Waals surface area contributed by atoms with Crippen molar-refractivity contribution in [1.82, 2.24) is 4.90 Å². The van der Waals surface area contributed by atoms with Gasteiger partial charge in [-0.25, -0.2) is 8.42 Å². The number of sulfone groups is 1. The van der Waals surface area contributed by atoms with Gasteiger partial charge in [0, 0.05) is 24.6 Å². The minimum absolute atomic E-state index is 0.0165. The number of rotatable bonds is 14. The van der Waals surface area contributed by atoms with Crippen LogP contribution in [0.3, 0.4) is 0 Å². The van der Waals surface area contributed by atoms with Crippen LogP contribution >= 0.6 is 0 Å². The zero-order valence-corrected chi connectivity index (χ0v) is 20.7. The molecule has 8 heteroatoms. The predicted octanol–water partition coefficient (Wildman–Crippen LogP) is 3.74. The number of hydrogen-bond donors (Lipinski definition) is 0. The topological polar surface area (TPSA) is 97.8 Å². The summed E-state index contributed by atoms with van der Waals surface area (Å²) < 4.78 is 28.7. The first-order chi connectivity index (χ1) is 15.8. The number of ether oxygens (including phenoxy) is 1. The molecular formula is C25H37NO6S. The molecule has 33 heavy (non-hydrogen) atoms. The predicted molar refractivity (Wildman–Crippen MR) is 128 cm³/mol. The van der Waals surface area contributed by atoms with Crippen molar-refractivity contribution in [3.8, 4) is 0 Å². The molecule has 0 saturated carbocycles. The van der Waals surface area contributed by atoms with Crippen LogP contribution in [-0.2, 0) is 30.6 Å². The highest BCUT2D eigenvalue weighted by Crippen LogP contribution is 2.19. The second-order valence-electron chi connectivity index (χ2n) is 8.74. The summed E-state index contributed by atoms with van der Waals surface area (Å²) in [6.45, 7) is 4.16. The molecule has 0 radical (unpaired) electrons. The number of nitrogens with zero attached hydrogens (tertiary/aromatic N) is 1. The Morgan fingerprint density at radius 3 is 2.30 bits per heavy atom. The fourth-order valence-electron chi connectivity index (χ4n) is 3.95. The summed E-state index contributed by atoms with van der Waals surface area (Å²) in [5, 5.41) is 0. The third kappa shape index (κ3) is 9.27. The van der Waals surface area contributed by atoms with Crippen molar-refractivity contribution < 1.29 is 27.5 Å². The monoisotopic (exact) mass is 479 g/mol. The van der Waals surface area contributed by atoms with E-state index in [2.05, 4.69) is 6.92 Å². The molecule has 1 aliphatic heterocycles. The van der Waals surface area contributed by atoms with Crippen molar-refractivity contribution in [3.05, 3.63) is 35.4 Å². The van der Waals surface area contributed by atoms with Crippen LogP contribution in [0.4, 0.5) is 0 Å². The highest BCUT2D eigenvalue weighted by atomic mass is 32.2. The average Bonchev–Trinajstić information content (AvgIpc) is 3.16. The second-order valence-corrected chi connectivity index (χ2v) is 11.0. The summed E-state index contributed by atoms with van der Waals surface area (Å²) in [4.78, 5) is 38.6. The second kappa shape index (κ2) is 13.5. The quantitative estimate of drug-likeness (QED) is 0.229. The summed E-state index contributed by atoms with van der Waals surface area (Å²) in [6, 6.07) is 7.13. The van der Waals surface area contributed by atoms with E-state index >= 15 is 0 Å². The van der Waals surface area contributed by atoms with Gasteiger partial charge >= 0.3 is 5.97 Å². The number of carbonyl (C=O) groups excluding carboxylic acids is 3. The molecule has 1 aromatic carbocycles. The standard InChI is InChI=1S/C25H37NO6S/c1-3-5-7-8-20-9-11-21(12-10-20)23(27)13-14-25(29)32-18-24(28)26(16-6-4-2)22-15-17-33(30,31)19-22/h9-12,22H,3-8,13-19H2,1-2H3.